The fourth-order valence-electron chi connectivity index (χ4n) is 0.828. The van der Waals surface area contributed by atoms with Crippen molar-refractivity contribution >= 4 is 5.97 Å². The van der Waals surface area contributed by atoms with Crippen molar-refractivity contribution in [3.05, 3.63) is 12.3 Å². The Balaban J connectivity index is 2.29. The molecule has 0 saturated carbocycles. The number of rotatable bonds is 2. The van der Waals surface area contributed by atoms with Gasteiger partial charge in [-0.2, -0.15) is 0 Å². The fourth-order valence-corrected chi connectivity index (χ4v) is 0.828. The Morgan fingerprint density at radius 1 is 1.73 bits per heavy atom. The van der Waals surface area contributed by atoms with Crippen LogP contribution in [0.25, 0.3) is 0 Å². The molecule has 4 nitrogen and oxygen atoms in total. The van der Waals surface area contributed by atoms with Gasteiger partial charge in [0.15, 0.2) is 5.76 Å². The molecular formula is C7H10O4. The number of carbonyl (C=O) groups excluding carboxylic acids is 1. The normalized spacial score (nSPS) is 23.1. The maximum absolute atomic E-state index is 10.6. The van der Waals surface area contributed by atoms with E-state index in [0.717, 1.165) is 6.42 Å². The molecule has 1 atom stereocenters. The second-order valence-corrected chi connectivity index (χ2v) is 2.29. The Morgan fingerprint density at radius 2 is 2.45 bits per heavy atom. The van der Waals surface area contributed by atoms with Crippen LogP contribution in [0, 0.1) is 0 Å². The molecule has 1 heterocycles. The van der Waals surface area contributed by atoms with Crippen LogP contribution in [-0.4, -0.2) is 24.0 Å². The van der Waals surface area contributed by atoms with E-state index in [1.807, 2.05) is 0 Å². The van der Waals surface area contributed by atoms with E-state index in [4.69, 9.17) is 9.84 Å². The van der Waals surface area contributed by atoms with E-state index in [-0.39, 0.29) is 0 Å². The van der Waals surface area contributed by atoms with E-state index in [0.29, 0.717) is 13.0 Å². The van der Waals surface area contributed by atoms with Gasteiger partial charge in [0.1, 0.15) is 0 Å². The van der Waals surface area contributed by atoms with Gasteiger partial charge < -0.3 is 14.6 Å². The van der Waals surface area contributed by atoms with Crippen LogP contribution < -0.4 is 0 Å². The van der Waals surface area contributed by atoms with Crippen LogP contribution in [0.2, 0.25) is 0 Å². The van der Waals surface area contributed by atoms with Crippen LogP contribution in [0.15, 0.2) is 12.3 Å². The zero-order chi connectivity index (χ0) is 8.27. The lowest BCUT2D eigenvalue weighted by Gasteiger charge is -2.09. The summed E-state index contributed by atoms with van der Waals surface area (Å²) < 4.78 is 9.64. The summed E-state index contributed by atoms with van der Waals surface area (Å²) in [5, 5.41) is 8.56. The lowest BCUT2D eigenvalue weighted by Crippen LogP contribution is -2.17. The molecule has 1 aliphatic heterocycles. The molecular weight excluding hydrogens is 148 g/mol. The monoisotopic (exact) mass is 158 g/mol. The minimum absolute atomic E-state index is 0.494. The topological polar surface area (TPSA) is 55.8 Å². The molecule has 0 aromatic heterocycles. The van der Waals surface area contributed by atoms with Crippen molar-refractivity contribution in [2.24, 2.45) is 0 Å². The zero-order valence-corrected chi connectivity index (χ0v) is 6.08. The summed E-state index contributed by atoms with van der Waals surface area (Å²) in [6.07, 6.45) is 1.08. The molecule has 0 amide bonds. The lowest BCUT2D eigenvalue weighted by atomic mass is 10.4. The van der Waals surface area contributed by atoms with Crippen molar-refractivity contribution in [1.29, 1.82) is 0 Å². The highest BCUT2D eigenvalue weighted by Crippen LogP contribution is 2.13. The summed E-state index contributed by atoms with van der Waals surface area (Å²) in [6, 6.07) is 0. The molecule has 0 bridgehead atoms. The standard InChI is InChI=1S/C7H10O4/c1-5(8)7(9)11-6-3-2-4-10-6/h6,8H,1-4H2. The molecule has 1 aliphatic rings. The van der Waals surface area contributed by atoms with Crippen LogP contribution in [0.1, 0.15) is 12.8 Å². The van der Waals surface area contributed by atoms with Crippen LogP contribution in [0.5, 0.6) is 0 Å². The molecule has 1 N–H and O–H groups in total. The van der Waals surface area contributed by atoms with Gasteiger partial charge in [-0.25, -0.2) is 4.79 Å². The lowest BCUT2D eigenvalue weighted by molar-refractivity contribution is -0.167. The van der Waals surface area contributed by atoms with E-state index in [9.17, 15) is 4.79 Å². The fraction of sp³-hybridized carbons (Fsp3) is 0.571. The molecule has 0 aromatic rings. The predicted octanol–water partition coefficient (Wildman–Crippen LogP) is 0.738. The summed E-state index contributed by atoms with van der Waals surface area (Å²) in [5.74, 6) is -1.39. The summed E-state index contributed by atoms with van der Waals surface area (Å²) in [5.41, 5.74) is 0. The van der Waals surface area contributed by atoms with Crippen molar-refractivity contribution in [3.63, 3.8) is 0 Å². The first-order chi connectivity index (χ1) is 5.20. The minimum atomic E-state index is -0.808. The van der Waals surface area contributed by atoms with E-state index in [1.165, 1.54) is 0 Å². The summed E-state index contributed by atoms with van der Waals surface area (Å²) in [7, 11) is 0. The second kappa shape index (κ2) is 3.39. The third kappa shape index (κ3) is 2.23. The van der Waals surface area contributed by atoms with Gasteiger partial charge in [-0.1, -0.05) is 0 Å². The third-order valence-corrected chi connectivity index (χ3v) is 1.36. The van der Waals surface area contributed by atoms with Gasteiger partial charge in [0.25, 0.3) is 0 Å². The first-order valence-corrected chi connectivity index (χ1v) is 3.40. The highest BCUT2D eigenvalue weighted by molar-refractivity contribution is 5.84. The average Bonchev–Trinajstić information content (AvgIpc) is 2.39. The third-order valence-electron chi connectivity index (χ3n) is 1.36. The highest BCUT2D eigenvalue weighted by atomic mass is 16.7. The molecule has 62 valence electrons. The molecule has 1 saturated heterocycles. The number of esters is 1. The first kappa shape index (κ1) is 8.07. The number of ether oxygens (including phenoxy) is 2. The minimum Gasteiger partial charge on any atom is -0.502 e. The first-order valence-electron chi connectivity index (χ1n) is 3.40. The van der Waals surface area contributed by atoms with E-state index in [1.54, 1.807) is 0 Å². The maximum atomic E-state index is 10.6. The number of hydrogen-bond acceptors (Lipinski definition) is 4. The van der Waals surface area contributed by atoms with Crippen LogP contribution in [0.4, 0.5) is 0 Å². The van der Waals surface area contributed by atoms with Gasteiger partial charge in [-0.15, -0.1) is 0 Å². The van der Waals surface area contributed by atoms with Crippen LogP contribution in [0.3, 0.4) is 0 Å². The molecule has 0 radical (unpaired) electrons. The van der Waals surface area contributed by atoms with Crippen LogP contribution >= 0.6 is 0 Å². The Hall–Kier alpha value is -1.03. The number of hydrogen-bond donors (Lipinski definition) is 1. The van der Waals surface area contributed by atoms with E-state index < -0.39 is 18.0 Å². The molecule has 11 heavy (non-hydrogen) atoms. The van der Waals surface area contributed by atoms with Gasteiger partial charge in [0.2, 0.25) is 6.29 Å². The van der Waals surface area contributed by atoms with Crippen molar-refractivity contribution in [1.82, 2.24) is 0 Å². The van der Waals surface area contributed by atoms with Gasteiger partial charge >= 0.3 is 5.97 Å². The van der Waals surface area contributed by atoms with Crippen LogP contribution in [-0.2, 0) is 14.3 Å². The van der Waals surface area contributed by atoms with Gasteiger partial charge in [0, 0.05) is 6.42 Å². The maximum Gasteiger partial charge on any atom is 0.375 e. The van der Waals surface area contributed by atoms with E-state index >= 15 is 0 Å². The molecule has 1 fully saturated rings. The summed E-state index contributed by atoms with van der Waals surface area (Å²) >= 11 is 0. The quantitative estimate of drug-likeness (QED) is 0.366. The molecule has 0 aliphatic carbocycles. The summed E-state index contributed by atoms with van der Waals surface area (Å²) in [6.45, 7) is 3.63. The molecule has 0 spiro atoms. The van der Waals surface area contributed by atoms with Gasteiger partial charge in [0.05, 0.1) is 6.61 Å². The second-order valence-electron chi connectivity index (χ2n) is 2.29. The Bertz CT molecular complexity index is 169. The number of aliphatic hydroxyl groups excluding tert-OH is 1. The highest BCUT2D eigenvalue weighted by Gasteiger charge is 2.20. The molecule has 1 unspecified atom stereocenters. The van der Waals surface area contributed by atoms with Gasteiger partial charge in [-0.3, -0.25) is 0 Å². The number of carbonyl (C=O) groups is 1. The molecule has 0 aromatic carbocycles. The Kier molecular flexibility index (Phi) is 2.48. The molecule has 4 heteroatoms. The number of aliphatic hydroxyl groups is 1. The Labute approximate surface area is 64.4 Å². The van der Waals surface area contributed by atoms with Crippen molar-refractivity contribution in [3.8, 4) is 0 Å². The average molecular weight is 158 g/mol. The van der Waals surface area contributed by atoms with Gasteiger partial charge in [-0.05, 0) is 13.0 Å². The zero-order valence-electron chi connectivity index (χ0n) is 6.08. The van der Waals surface area contributed by atoms with E-state index in [2.05, 4.69) is 11.3 Å². The SMILES string of the molecule is C=C(O)C(=O)OC1CCCO1. The van der Waals surface area contributed by atoms with Crippen molar-refractivity contribution in [2.45, 2.75) is 19.1 Å². The largest absolute Gasteiger partial charge is 0.502 e. The smallest absolute Gasteiger partial charge is 0.375 e. The predicted molar refractivity (Wildman–Crippen MR) is 36.8 cm³/mol. The summed E-state index contributed by atoms with van der Waals surface area (Å²) in [4.78, 5) is 10.6. The molecule has 1 rings (SSSR count). The van der Waals surface area contributed by atoms with Crippen molar-refractivity contribution < 1.29 is 19.4 Å². The Morgan fingerprint density at radius 3 is 2.91 bits per heavy atom. The van der Waals surface area contributed by atoms with Crippen molar-refractivity contribution in [2.75, 3.05) is 6.61 Å².